The van der Waals surface area contributed by atoms with E-state index in [0.29, 0.717) is 37.3 Å². The molecule has 1 aliphatic heterocycles. The third kappa shape index (κ3) is 4.78. The lowest BCUT2D eigenvalue weighted by molar-refractivity contribution is 0.0535. The van der Waals surface area contributed by atoms with Gasteiger partial charge < -0.3 is 14.7 Å². The Morgan fingerprint density at radius 1 is 0.724 bits per heavy atom. The minimum atomic E-state index is 0.0249. The zero-order chi connectivity index (χ0) is 21.2. The predicted octanol–water partition coefficient (Wildman–Crippen LogP) is 3.65. The van der Waals surface area contributed by atoms with Gasteiger partial charge in [-0.05, 0) is 47.4 Å². The van der Waals surface area contributed by atoms with Crippen molar-refractivity contribution in [2.75, 3.05) is 45.2 Å². The van der Waals surface area contributed by atoms with Crippen molar-refractivity contribution in [2.24, 2.45) is 0 Å². The molecule has 0 bridgehead atoms. The molecule has 0 unspecified atom stereocenters. The summed E-state index contributed by atoms with van der Waals surface area (Å²) in [5, 5.41) is 0. The zero-order valence-electron chi connectivity index (χ0n) is 18.1. The summed E-state index contributed by atoms with van der Waals surface area (Å²) in [6.45, 7) is 8.71. The Kier molecular flexibility index (Phi) is 5.96. The van der Waals surface area contributed by atoms with E-state index in [0.717, 1.165) is 5.69 Å². The average molecular weight is 394 g/mol. The van der Waals surface area contributed by atoms with Gasteiger partial charge in [0.1, 0.15) is 0 Å². The molecule has 154 valence electrons. The first-order valence-electron chi connectivity index (χ1n) is 10.1. The molecule has 1 saturated heterocycles. The summed E-state index contributed by atoms with van der Waals surface area (Å²) in [5.74, 6) is 0.0600. The highest BCUT2D eigenvalue weighted by Crippen LogP contribution is 2.23. The van der Waals surface area contributed by atoms with E-state index in [2.05, 4.69) is 20.8 Å². The van der Waals surface area contributed by atoms with E-state index >= 15 is 0 Å². The van der Waals surface area contributed by atoms with Crippen molar-refractivity contribution in [1.29, 1.82) is 0 Å². The predicted molar refractivity (Wildman–Crippen MR) is 118 cm³/mol. The van der Waals surface area contributed by atoms with Gasteiger partial charge in [0, 0.05) is 57.1 Å². The number of carbonyl (C=O) groups excluding carboxylic acids is 2. The number of hydrogen-bond acceptors (Lipinski definition) is 3. The Bertz CT molecular complexity index is 856. The molecule has 0 aliphatic carbocycles. The molecule has 5 heteroatoms. The van der Waals surface area contributed by atoms with Crippen LogP contribution in [0, 0.1) is 0 Å². The monoisotopic (exact) mass is 393 g/mol. The summed E-state index contributed by atoms with van der Waals surface area (Å²) >= 11 is 0. The van der Waals surface area contributed by atoms with Crippen LogP contribution in [0.2, 0.25) is 0 Å². The van der Waals surface area contributed by atoms with Crippen molar-refractivity contribution in [3.8, 4) is 0 Å². The lowest BCUT2D eigenvalue weighted by atomic mass is 9.86. The Labute approximate surface area is 173 Å². The fraction of sp³-hybridized carbons (Fsp3) is 0.417. The molecule has 1 fully saturated rings. The van der Waals surface area contributed by atoms with Crippen molar-refractivity contribution in [3.05, 3.63) is 65.2 Å². The van der Waals surface area contributed by atoms with Gasteiger partial charge in [-0.15, -0.1) is 0 Å². The van der Waals surface area contributed by atoms with Crippen LogP contribution in [0.3, 0.4) is 0 Å². The zero-order valence-corrected chi connectivity index (χ0v) is 18.1. The number of benzene rings is 2. The second-order valence-electron chi connectivity index (χ2n) is 8.85. The first-order chi connectivity index (χ1) is 13.7. The number of amides is 2. The largest absolute Gasteiger partial charge is 0.378 e. The molecule has 2 aromatic carbocycles. The SMILES string of the molecule is CN(C)c1ccc(C(=O)N2CCN(C(=O)c3ccc(C(C)(C)C)cc3)CC2)cc1. The van der Waals surface area contributed by atoms with E-state index in [-0.39, 0.29) is 17.2 Å². The van der Waals surface area contributed by atoms with Crippen LogP contribution in [0.25, 0.3) is 0 Å². The molecule has 0 radical (unpaired) electrons. The van der Waals surface area contributed by atoms with E-state index in [1.807, 2.05) is 77.3 Å². The van der Waals surface area contributed by atoms with Gasteiger partial charge in [-0.2, -0.15) is 0 Å². The van der Waals surface area contributed by atoms with Gasteiger partial charge in [-0.25, -0.2) is 0 Å². The number of piperazine rings is 1. The van der Waals surface area contributed by atoms with Gasteiger partial charge in [-0.3, -0.25) is 9.59 Å². The molecule has 3 rings (SSSR count). The van der Waals surface area contributed by atoms with E-state index < -0.39 is 0 Å². The maximum atomic E-state index is 12.8. The molecule has 0 N–H and O–H groups in total. The van der Waals surface area contributed by atoms with Crippen molar-refractivity contribution in [1.82, 2.24) is 9.80 Å². The van der Waals surface area contributed by atoms with E-state index in [4.69, 9.17) is 0 Å². The molecule has 0 saturated carbocycles. The molecule has 2 amide bonds. The Morgan fingerprint density at radius 3 is 1.45 bits per heavy atom. The summed E-state index contributed by atoms with van der Waals surface area (Å²) in [4.78, 5) is 31.3. The minimum absolute atomic E-state index is 0.0249. The third-order valence-electron chi connectivity index (χ3n) is 5.48. The first-order valence-corrected chi connectivity index (χ1v) is 10.1. The minimum Gasteiger partial charge on any atom is -0.378 e. The molecule has 0 aromatic heterocycles. The highest BCUT2D eigenvalue weighted by Gasteiger charge is 2.26. The van der Waals surface area contributed by atoms with Gasteiger partial charge in [0.15, 0.2) is 0 Å². The van der Waals surface area contributed by atoms with E-state index in [1.165, 1.54) is 5.56 Å². The van der Waals surface area contributed by atoms with Gasteiger partial charge >= 0.3 is 0 Å². The standard InChI is InChI=1S/C24H31N3O2/c1-24(2,3)20-10-6-18(7-11-20)22(28)26-14-16-27(17-15-26)23(29)19-8-12-21(13-9-19)25(4)5/h6-13H,14-17H2,1-5H3. The second kappa shape index (κ2) is 8.27. The van der Waals surface area contributed by atoms with Gasteiger partial charge in [0.2, 0.25) is 0 Å². The van der Waals surface area contributed by atoms with E-state index in [9.17, 15) is 9.59 Å². The van der Waals surface area contributed by atoms with Crippen LogP contribution in [-0.4, -0.2) is 61.9 Å². The van der Waals surface area contributed by atoms with Crippen LogP contribution in [0.4, 0.5) is 5.69 Å². The topological polar surface area (TPSA) is 43.9 Å². The molecule has 1 heterocycles. The smallest absolute Gasteiger partial charge is 0.253 e. The fourth-order valence-corrected chi connectivity index (χ4v) is 3.49. The van der Waals surface area contributed by atoms with Gasteiger partial charge in [0.25, 0.3) is 11.8 Å². The van der Waals surface area contributed by atoms with Crippen molar-refractivity contribution < 1.29 is 9.59 Å². The average Bonchev–Trinajstić information content (AvgIpc) is 2.72. The van der Waals surface area contributed by atoms with Crippen molar-refractivity contribution in [2.45, 2.75) is 26.2 Å². The second-order valence-corrected chi connectivity index (χ2v) is 8.85. The normalized spacial score (nSPS) is 14.7. The number of carbonyl (C=O) groups is 2. The van der Waals surface area contributed by atoms with Crippen LogP contribution in [0.1, 0.15) is 47.1 Å². The van der Waals surface area contributed by atoms with Crippen LogP contribution in [-0.2, 0) is 5.41 Å². The Hall–Kier alpha value is -2.82. The first kappa shape index (κ1) is 20.9. The molecular formula is C24H31N3O2. The van der Waals surface area contributed by atoms with Gasteiger partial charge in [-0.1, -0.05) is 32.9 Å². The number of nitrogens with zero attached hydrogens (tertiary/aromatic N) is 3. The summed E-state index contributed by atoms with van der Waals surface area (Å²) in [5.41, 5.74) is 3.74. The van der Waals surface area contributed by atoms with Crippen molar-refractivity contribution in [3.63, 3.8) is 0 Å². The van der Waals surface area contributed by atoms with Crippen LogP contribution in [0.5, 0.6) is 0 Å². The molecule has 1 aliphatic rings. The number of hydrogen-bond donors (Lipinski definition) is 0. The van der Waals surface area contributed by atoms with Crippen LogP contribution in [0.15, 0.2) is 48.5 Å². The molecule has 2 aromatic rings. The molecule has 0 spiro atoms. The number of rotatable bonds is 3. The molecule has 5 nitrogen and oxygen atoms in total. The Morgan fingerprint density at radius 2 is 1.10 bits per heavy atom. The maximum Gasteiger partial charge on any atom is 0.253 e. The van der Waals surface area contributed by atoms with Crippen molar-refractivity contribution >= 4 is 17.5 Å². The summed E-state index contributed by atoms with van der Waals surface area (Å²) in [6.07, 6.45) is 0. The highest BCUT2D eigenvalue weighted by molar-refractivity contribution is 5.96. The lowest BCUT2D eigenvalue weighted by Gasteiger charge is -2.35. The maximum absolute atomic E-state index is 12.8. The molecular weight excluding hydrogens is 362 g/mol. The summed E-state index contributed by atoms with van der Waals surface area (Å²) in [6, 6.07) is 15.5. The lowest BCUT2D eigenvalue weighted by Crippen LogP contribution is -2.50. The Balaban J connectivity index is 1.59. The fourth-order valence-electron chi connectivity index (χ4n) is 3.49. The molecule has 0 atom stereocenters. The quantitative estimate of drug-likeness (QED) is 0.800. The van der Waals surface area contributed by atoms with Crippen LogP contribution >= 0.6 is 0 Å². The van der Waals surface area contributed by atoms with Crippen LogP contribution < -0.4 is 4.90 Å². The highest BCUT2D eigenvalue weighted by atomic mass is 16.2. The summed E-state index contributed by atoms with van der Waals surface area (Å²) < 4.78 is 0. The summed E-state index contributed by atoms with van der Waals surface area (Å²) in [7, 11) is 3.95. The van der Waals surface area contributed by atoms with E-state index in [1.54, 1.807) is 0 Å². The third-order valence-corrected chi connectivity index (χ3v) is 5.48. The molecule has 29 heavy (non-hydrogen) atoms. The number of anilines is 1. The van der Waals surface area contributed by atoms with Gasteiger partial charge in [0.05, 0.1) is 0 Å².